The van der Waals surface area contributed by atoms with Gasteiger partial charge < -0.3 is 0 Å². The minimum atomic E-state index is -0.611. The molecule has 0 fully saturated rings. The lowest BCUT2D eigenvalue weighted by Gasteiger charge is -2.04. The van der Waals surface area contributed by atoms with Crippen LogP contribution in [0, 0.1) is 10.1 Å². The molecule has 0 amide bonds. The van der Waals surface area contributed by atoms with E-state index in [0.29, 0.717) is 0 Å². The molecule has 140 valence electrons. The molecule has 0 N–H and O–H groups in total. The standard InChI is InChI=1S/C16H25BrCl3NO2S/c1-2-3-4-5-6-7-8-9-10-11-12-24-16(20)14(21(22)23)13(18)15(17)19/h2-12H2,1H3/b15-13+,16-14-. The number of thioether (sulfide) groups is 1. The minimum absolute atomic E-state index is 0.0199. The number of allylic oxidation sites excluding steroid dienone is 1. The molecule has 0 aliphatic carbocycles. The van der Waals surface area contributed by atoms with E-state index in [0.717, 1.165) is 18.6 Å². The zero-order valence-corrected chi connectivity index (χ0v) is 18.6. The summed E-state index contributed by atoms with van der Waals surface area (Å²) in [6, 6.07) is 0. The number of nitro groups is 1. The number of nitrogens with zero attached hydrogens (tertiary/aromatic N) is 1. The van der Waals surface area contributed by atoms with Crippen LogP contribution in [0.3, 0.4) is 0 Å². The Morgan fingerprint density at radius 2 is 1.42 bits per heavy atom. The molecule has 8 heteroatoms. The van der Waals surface area contributed by atoms with Gasteiger partial charge in [-0.15, -0.1) is 11.8 Å². The summed E-state index contributed by atoms with van der Waals surface area (Å²) in [4.78, 5) is 10.4. The zero-order valence-electron chi connectivity index (χ0n) is 14.0. The molecule has 0 unspecified atom stereocenters. The second kappa shape index (κ2) is 15.8. The Morgan fingerprint density at radius 3 is 1.83 bits per heavy atom. The lowest BCUT2D eigenvalue weighted by Crippen LogP contribution is -2.01. The first-order chi connectivity index (χ1) is 11.4. The van der Waals surface area contributed by atoms with Crippen LogP contribution in [0.2, 0.25) is 0 Å². The predicted molar refractivity (Wildman–Crippen MR) is 112 cm³/mol. The highest BCUT2D eigenvalue weighted by molar-refractivity contribution is 9.12. The molecule has 0 aromatic heterocycles. The minimum Gasteiger partial charge on any atom is -0.258 e. The van der Waals surface area contributed by atoms with Gasteiger partial charge in [-0.25, -0.2) is 0 Å². The molecule has 0 aromatic rings. The summed E-state index contributed by atoms with van der Waals surface area (Å²) < 4.78 is 0.0482. The zero-order chi connectivity index (χ0) is 18.4. The van der Waals surface area contributed by atoms with Gasteiger partial charge in [-0.05, 0) is 28.1 Å². The Morgan fingerprint density at radius 1 is 0.958 bits per heavy atom. The molecule has 0 radical (unpaired) electrons. The van der Waals surface area contributed by atoms with Gasteiger partial charge in [0.05, 0.1) is 4.92 Å². The molecule has 0 atom stereocenters. The Labute approximate surface area is 172 Å². The topological polar surface area (TPSA) is 43.1 Å². The van der Waals surface area contributed by atoms with E-state index in [-0.39, 0.29) is 19.0 Å². The van der Waals surface area contributed by atoms with Gasteiger partial charge in [-0.3, -0.25) is 10.1 Å². The van der Waals surface area contributed by atoms with Crippen molar-refractivity contribution in [2.75, 3.05) is 5.75 Å². The highest BCUT2D eigenvalue weighted by Gasteiger charge is 2.24. The summed E-state index contributed by atoms with van der Waals surface area (Å²) in [7, 11) is 0. The van der Waals surface area contributed by atoms with Crippen LogP contribution in [0.25, 0.3) is 0 Å². The molecule has 0 aromatic carbocycles. The summed E-state index contributed by atoms with van der Waals surface area (Å²) >= 11 is 21.6. The number of unbranched alkanes of at least 4 members (excludes halogenated alkanes) is 9. The van der Waals surface area contributed by atoms with Crippen LogP contribution in [0.1, 0.15) is 71.1 Å². The van der Waals surface area contributed by atoms with Crippen LogP contribution < -0.4 is 0 Å². The molecular weight excluding hydrogens is 457 g/mol. The van der Waals surface area contributed by atoms with Gasteiger partial charge >= 0.3 is 5.70 Å². The summed E-state index contributed by atoms with van der Waals surface area (Å²) in [5.74, 6) is 0.733. The van der Waals surface area contributed by atoms with Crippen LogP contribution in [-0.2, 0) is 0 Å². The third-order valence-corrected chi connectivity index (χ3v) is 6.19. The van der Waals surface area contributed by atoms with Crippen molar-refractivity contribution in [2.24, 2.45) is 0 Å². The van der Waals surface area contributed by atoms with Gasteiger partial charge in [0.1, 0.15) is 8.97 Å². The van der Waals surface area contributed by atoms with Crippen LogP contribution in [0.15, 0.2) is 19.0 Å². The maximum atomic E-state index is 11.0. The maximum absolute atomic E-state index is 11.0. The number of halogens is 4. The van der Waals surface area contributed by atoms with E-state index in [4.69, 9.17) is 34.8 Å². The largest absolute Gasteiger partial charge is 0.314 e. The van der Waals surface area contributed by atoms with Crippen molar-refractivity contribution in [3.63, 3.8) is 0 Å². The first-order valence-electron chi connectivity index (χ1n) is 8.29. The van der Waals surface area contributed by atoms with E-state index >= 15 is 0 Å². The summed E-state index contributed by atoms with van der Waals surface area (Å²) in [6.07, 6.45) is 12.5. The van der Waals surface area contributed by atoms with E-state index in [1.165, 1.54) is 63.1 Å². The van der Waals surface area contributed by atoms with Crippen molar-refractivity contribution in [3.8, 4) is 0 Å². The van der Waals surface area contributed by atoms with E-state index in [9.17, 15) is 10.1 Å². The van der Waals surface area contributed by atoms with E-state index in [1.807, 2.05) is 0 Å². The monoisotopic (exact) mass is 479 g/mol. The van der Waals surface area contributed by atoms with Gasteiger partial charge in [0.15, 0.2) is 4.36 Å². The highest BCUT2D eigenvalue weighted by Crippen LogP contribution is 2.35. The van der Waals surface area contributed by atoms with Crippen molar-refractivity contribution in [1.82, 2.24) is 0 Å². The lowest BCUT2D eigenvalue weighted by atomic mass is 10.1. The molecular formula is C16H25BrCl3NO2S. The molecule has 0 rings (SSSR count). The van der Waals surface area contributed by atoms with Gasteiger partial charge in [-0.2, -0.15) is 0 Å². The fraction of sp³-hybridized carbons (Fsp3) is 0.750. The summed E-state index contributed by atoms with van der Waals surface area (Å²) in [6.45, 7) is 2.23. The Balaban J connectivity index is 3.92. The van der Waals surface area contributed by atoms with E-state index in [2.05, 4.69) is 22.9 Å². The van der Waals surface area contributed by atoms with Crippen LogP contribution in [-0.4, -0.2) is 10.7 Å². The summed E-state index contributed by atoms with van der Waals surface area (Å²) in [5.41, 5.74) is -0.350. The van der Waals surface area contributed by atoms with Crippen molar-refractivity contribution < 1.29 is 4.92 Å². The number of hydrogen-bond donors (Lipinski definition) is 0. The van der Waals surface area contributed by atoms with E-state index in [1.54, 1.807) is 0 Å². The molecule has 0 spiro atoms. The van der Waals surface area contributed by atoms with Crippen LogP contribution in [0.4, 0.5) is 0 Å². The maximum Gasteiger partial charge on any atom is 0.314 e. The Hall–Kier alpha value is 0.580. The number of hydrogen-bond acceptors (Lipinski definition) is 3. The third-order valence-electron chi connectivity index (χ3n) is 3.47. The molecule has 0 aliphatic heterocycles. The molecule has 24 heavy (non-hydrogen) atoms. The summed E-state index contributed by atoms with van der Waals surface area (Å²) in [5, 5.41) is 10.9. The van der Waals surface area contributed by atoms with Gasteiger partial charge in [0, 0.05) is 0 Å². The molecule has 0 saturated heterocycles. The molecule has 0 aliphatic rings. The van der Waals surface area contributed by atoms with Crippen molar-refractivity contribution in [3.05, 3.63) is 29.1 Å². The fourth-order valence-electron chi connectivity index (χ4n) is 2.15. The average molecular weight is 482 g/mol. The van der Waals surface area contributed by atoms with E-state index < -0.39 is 4.92 Å². The normalized spacial score (nSPS) is 13.5. The highest BCUT2D eigenvalue weighted by atomic mass is 79.9. The smallest absolute Gasteiger partial charge is 0.258 e. The molecule has 0 saturated carbocycles. The molecule has 3 nitrogen and oxygen atoms in total. The first kappa shape index (κ1) is 24.6. The number of rotatable bonds is 14. The van der Waals surface area contributed by atoms with Crippen LogP contribution >= 0.6 is 62.5 Å². The quantitative estimate of drug-likeness (QED) is 0.108. The first-order valence-corrected chi connectivity index (χ1v) is 11.2. The predicted octanol–water partition coefficient (Wildman–Crippen LogP) is 8.37. The SMILES string of the molecule is CCCCCCCCCCCCS/C(Cl)=C(/C(Cl)=C(\Cl)Br)[N+](=O)[O-]. The average Bonchev–Trinajstić information content (AvgIpc) is 2.52. The molecule has 0 heterocycles. The van der Waals surface area contributed by atoms with Gasteiger partial charge in [0.2, 0.25) is 0 Å². The van der Waals surface area contributed by atoms with Crippen LogP contribution in [0.5, 0.6) is 0 Å². The van der Waals surface area contributed by atoms with Crippen molar-refractivity contribution in [2.45, 2.75) is 71.1 Å². The van der Waals surface area contributed by atoms with Gasteiger partial charge in [0.25, 0.3) is 0 Å². The van der Waals surface area contributed by atoms with Crippen molar-refractivity contribution in [1.29, 1.82) is 0 Å². The third kappa shape index (κ3) is 12.0. The Kier molecular flexibility index (Phi) is 16.2. The molecule has 0 bridgehead atoms. The second-order valence-corrected chi connectivity index (χ2v) is 9.20. The van der Waals surface area contributed by atoms with Crippen molar-refractivity contribution >= 4 is 62.5 Å². The van der Waals surface area contributed by atoms with Gasteiger partial charge in [-0.1, -0.05) is 99.5 Å². The lowest BCUT2D eigenvalue weighted by molar-refractivity contribution is -0.419. The second-order valence-electron chi connectivity index (χ2n) is 5.48. The Bertz CT molecular complexity index is 441. The fourth-order valence-corrected chi connectivity index (χ4v) is 3.93.